The van der Waals surface area contributed by atoms with Gasteiger partial charge in [0.2, 0.25) is 5.91 Å². The number of rotatable bonds is 7. The van der Waals surface area contributed by atoms with Crippen LogP contribution in [0.15, 0.2) is 0 Å². The van der Waals surface area contributed by atoms with Crippen molar-refractivity contribution in [1.29, 1.82) is 0 Å². The molecule has 0 aliphatic rings. The number of carbonyl (C=O) groups is 2. The zero-order valence-electron chi connectivity index (χ0n) is 8.69. The second-order valence-electron chi connectivity index (χ2n) is 3.39. The summed E-state index contributed by atoms with van der Waals surface area (Å²) in [5.74, 6) is -1.54. The van der Waals surface area contributed by atoms with Crippen LogP contribution in [0, 0.1) is 0 Å². The lowest BCUT2D eigenvalue weighted by molar-refractivity contribution is -0.139. The zero-order valence-corrected chi connectivity index (χ0v) is 8.69. The predicted molar refractivity (Wildman–Crippen MR) is 52.2 cm³/mol. The number of hydrogen-bond acceptors (Lipinski definition) is 4. The number of aliphatic hydroxyl groups is 2. The van der Waals surface area contributed by atoms with Crippen LogP contribution in [-0.2, 0) is 9.59 Å². The maximum Gasteiger partial charge on any atom is 0.303 e. The fourth-order valence-corrected chi connectivity index (χ4v) is 1.02. The standard InChI is InChI=1S/C9H17NO5/c1-2-9(5-11,6-12)10-7(13)3-4-8(14)15/h11-12H,2-6H2,1H3,(H,10,13)(H,14,15). The molecule has 0 fully saturated rings. The summed E-state index contributed by atoms with van der Waals surface area (Å²) < 4.78 is 0. The van der Waals surface area contributed by atoms with E-state index >= 15 is 0 Å². The Hall–Kier alpha value is -1.14. The number of carboxylic acids is 1. The van der Waals surface area contributed by atoms with Gasteiger partial charge in [-0.3, -0.25) is 9.59 Å². The maximum atomic E-state index is 11.2. The highest BCUT2D eigenvalue weighted by atomic mass is 16.4. The predicted octanol–water partition coefficient (Wildman–Crippen LogP) is -0.899. The van der Waals surface area contributed by atoms with E-state index in [0.717, 1.165) is 0 Å². The van der Waals surface area contributed by atoms with Crippen molar-refractivity contribution in [2.24, 2.45) is 0 Å². The first-order valence-electron chi connectivity index (χ1n) is 4.74. The minimum atomic E-state index is -1.06. The Morgan fingerprint density at radius 1 is 1.20 bits per heavy atom. The van der Waals surface area contributed by atoms with Gasteiger partial charge in [-0.15, -0.1) is 0 Å². The molecule has 88 valence electrons. The van der Waals surface area contributed by atoms with Gasteiger partial charge in [0.25, 0.3) is 0 Å². The van der Waals surface area contributed by atoms with Gasteiger partial charge >= 0.3 is 5.97 Å². The van der Waals surface area contributed by atoms with Crippen molar-refractivity contribution in [3.05, 3.63) is 0 Å². The van der Waals surface area contributed by atoms with Gasteiger partial charge in [0, 0.05) is 6.42 Å². The van der Waals surface area contributed by atoms with Crippen molar-refractivity contribution >= 4 is 11.9 Å². The lowest BCUT2D eigenvalue weighted by atomic mass is 9.98. The van der Waals surface area contributed by atoms with E-state index in [9.17, 15) is 9.59 Å². The maximum absolute atomic E-state index is 11.2. The normalized spacial score (nSPS) is 11.1. The molecule has 0 heterocycles. The van der Waals surface area contributed by atoms with Crippen LogP contribution in [0.3, 0.4) is 0 Å². The number of aliphatic hydroxyl groups excluding tert-OH is 2. The van der Waals surface area contributed by atoms with Crippen LogP contribution >= 0.6 is 0 Å². The van der Waals surface area contributed by atoms with E-state index in [1.54, 1.807) is 6.92 Å². The molecule has 0 aromatic heterocycles. The van der Waals surface area contributed by atoms with Crippen LogP contribution in [-0.4, -0.2) is 45.9 Å². The summed E-state index contributed by atoms with van der Waals surface area (Å²) in [7, 11) is 0. The molecule has 0 aromatic rings. The molecule has 0 aromatic carbocycles. The largest absolute Gasteiger partial charge is 0.481 e. The first-order chi connectivity index (χ1) is 6.99. The van der Waals surface area contributed by atoms with E-state index in [2.05, 4.69) is 5.32 Å². The van der Waals surface area contributed by atoms with Crippen molar-refractivity contribution in [2.45, 2.75) is 31.7 Å². The van der Waals surface area contributed by atoms with Gasteiger partial charge in [0.15, 0.2) is 0 Å². The third-order valence-corrected chi connectivity index (χ3v) is 2.25. The van der Waals surface area contributed by atoms with Crippen molar-refractivity contribution in [2.75, 3.05) is 13.2 Å². The SMILES string of the molecule is CCC(CO)(CO)NC(=O)CCC(=O)O. The second-order valence-corrected chi connectivity index (χ2v) is 3.39. The quantitative estimate of drug-likeness (QED) is 0.444. The van der Waals surface area contributed by atoms with E-state index < -0.39 is 17.4 Å². The summed E-state index contributed by atoms with van der Waals surface area (Å²) in [5, 5.41) is 28.8. The van der Waals surface area contributed by atoms with Gasteiger partial charge in [0.1, 0.15) is 0 Å². The molecule has 4 N–H and O–H groups in total. The topological polar surface area (TPSA) is 107 Å². The van der Waals surface area contributed by atoms with Crippen LogP contribution in [0.5, 0.6) is 0 Å². The average Bonchev–Trinajstić information content (AvgIpc) is 2.23. The summed E-state index contributed by atoms with van der Waals surface area (Å²) in [4.78, 5) is 21.4. The molecule has 0 spiro atoms. The highest BCUT2D eigenvalue weighted by molar-refractivity contribution is 5.81. The van der Waals surface area contributed by atoms with Crippen molar-refractivity contribution in [1.82, 2.24) is 5.32 Å². The van der Waals surface area contributed by atoms with E-state index in [-0.39, 0.29) is 26.1 Å². The number of amides is 1. The molecule has 6 heteroatoms. The van der Waals surface area contributed by atoms with Crippen LogP contribution in [0.2, 0.25) is 0 Å². The summed E-state index contributed by atoms with van der Waals surface area (Å²) in [6, 6.07) is 0. The van der Waals surface area contributed by atoms with Gasteiger partial charge in [-0.1, -0.05) is 6.92 Å². The number of aliphatic carboxylic acids is 1. The smallest absolute Gasteiger partial charge is 0.303 e. The summed E-state index contributed by atoms with van der Waals surface area (Å²) >= 11 is 0. The van der Waals surface area contributed by atoms with Crippen molar-refractivity contribution < 1.29 is 24.9 Å². The molecule has 0 saturated heterocycles. The molecular formula is C9H17NO5. The Morgan fingerprint density at radius 3 is 2.07 bits per heavy atom. The summed E-state index contributed by atoms with van der Waals surface area (Å²) in [6.07, 6.45) is -0.0433. The number of carboxylic acid groups (broad SMARTS) is 1. The molecule has 0 radical (unpaired) electrons. The number of carbonyl (C=O) groups excluding carboxylic acids is 1. The Balaban J connectivity index is 4.17. The van der Waals surface area contributed by atoms with Gasteiger partial charge in [-0.2, -0.15) is 0 Å². The minimum absolute atomic E-state index is 0.156. The average molecular weight is 219 g/mol. The number of hydrogen-bond donors (Lipinski definition) is 4. The molecule has 1 amide bonds. The molecule has 0 rings (SSSR count). The Bertz CT molecular complexity index is 216. The highest BCUT2D eigenvalue weighted by Crippen LogP contribution is 2.08. The van der Waals surface area contributed by atoms with Crippen LogP contribution in [0.4, 0.5) is 0 Å². The highest BCUT2D eigenvalue weighted by Gasteiger charge is 2.28. The Kier molecular flexibility index (Phi) is 5.88. The van der Waals surface area contributed by atoms with Crippen molar-refractivity contribution in [3.63, 3.8) is 0 Å². The van der Waals surface area contributed by atoms with Gasteiger partial charge < -0.3 is 20.6 Å². The second kappa shape index (κ2) is 6.36. The summed E-state index contributed by atoms with van der Waals surface area (Å²) in [6.45, 7) is 0.960. The van der Waals surface area contributed by atoms with Gasteiger partial charge in [-0.05, 0) is 6.42 Å². The molecule has 0 aliphatic carbocycles. The van der Waals surface area contributed by atoms with Gasteiger partial charge in [0.05, 0.1) is 25.2 Å². The molecule has 0 saturated carbocycles. The molecular weight excluding hydrogens is 202 g/mol. The fraction of sp³-hybridized carbons (Fsp3) is 0.778. The molecule has 0 aliphatic heterocycles. The summed E-state index contributed by atoms with van der Waals surface area (Å²) in [5.41, 5.74) is -1.05. The number of nitrogens with one attached hydrogen (secondary N) is 1. The fourth-order valence-electron chi connectivity index (χ4n) is 1.02. The molecule has 0 bridgehead atoms. The third-order valence-electron chi connectivity index (χ3n) is 2.25. The Labute approximate surface area is 87.9 Å². The van der Waals surface area contributed by atoms with E-state index in [4.69, 9.17) is 15.3 Å². The third kappa shape index (κ3) is 4.75. The Morgan fingerprint density at radius 2 is 1.73 bits per heavy atom. The van der Waals surface area contributed by atoms with Crippen LogP contribution in [0.25, 0.3) is 0 Å². The zero-order chi connectivity index (χ0) is 11.9. The van der Waals surface area contributed by atoms with E-state index in [1.807, 2.05) is 0 Å². The molecule has 6 nitrogen and oxygen atoms in total. The molecule has 15 heavy (non-hydrogen) atoms. The lowest BCUT2D eigenvalue weighted by Crippen LogP contribution is -2.53. The van der Waals surface area contributed by atoms with Crippen LogP contribution < -0.4 is 5.32 Å². The van der Waals surface area contributed by atoms with E-state index in [0.29, 0.717) is 6.42 Å². The molecule has 0 atom stereocenters. The van der Waals surface area contributed by atoms with Crippen LogP contribution in [0.1, 0.15) is 26.2 Å². The van der Waals surface area contributed by atoms with E-state index in [1.165, 1.54) is 0 Å². The van der Waals surface area contributed by atoms with Gasteiger partial charge in [-0.25, -0.2) is 0 Å². The monoisotopic (exact) mass is 219 g/mol. The molecule has 0 unspecified atom stereocenters. The first-order valence-corrected chi connectivity index (χ1v) is 4.74. The first kappa shape index (κ1) is 13.9. The lowest BCUT2D eigenvalue weighted by Gasteiger charge is -2.29. The van der Waals surface area contributed by atoms with Crippen molar-refractivity contribution in [3.8, 4) is 0 Å². The minimum Gasteiger partial charge on any atom is -0.481 e.